The van der Waals surface area contributed by atoms with Crippen molar-refractivity contribution in [1.82, 2.24) is 34.3 Å². The van der Waals surface area contributed by atoms with Crippen molar-refractivity contribution >= 4 is 33.1 Å². The number of carbonyl (C=O) groups excluding carboxylic acids is 1. The molecule has 1 amide bonds. The molecule has 0 saturated carbocycles. The zero-order chi connectivity index (χ0) is 18.9. The van der Waals surface area contributed by atoms with Crippen LogP contribution in [0.4, 0.5) is 4.79 Å². The van der Waals surface area contributed by atoms with Gasteiger partial charge < -0.3 is 4.90 Å². The predicted octanol–water partition coefficient (Wildman–Crippen LogP) is 1.26. The van der Waals surface area contributed by atoms with Crippen LogP contribution in [0, 0.1) is 0 Å². The van der Waals surface area contributed by atoms with Gasteiger partial charge in [0.05, 0.1) is 11.9 Å². The first kappa shape index (κ1) is 18.3. The first-order chi connectivity index (χ1) is 12.3. The fourth-order valence-electron chi connectivity index (χ4n) is 2.36. The summed E-state index contributed by atoms with van der Waals surface area (Å²) in [5.41, 5.74) is 0.737. The number of imidazole rings is 1. The number of sulfone groups is 1. The highest BCUT2D eigenvalue weighted by molar-refractivity contribution is 7.90. The minimum atomic E-state index is -3.87. The van der Waals surface area contributed by atoms with Gasteiger partial charge in [-0.3, -0.25) is 0 Å². The fraction of sp³-hybridized carbons (Fsp3) is 0.357. The van der Waals surface area contributed by atoms with Gasteiger partial charge in [0.25, 0.3) is 5.16 Å². The van der Waals surface area contributed by atoms with Crippen LogP contribution in [0.15, 0.2) is 29.8 Å². The second-order valence-corrected chi connectivity index (χ2v) is 7.65. The summed E-state index contributed by atoms with van der Waals surface area (Å²) >= 11 is 5.80. The van der Waals surface area contributed by atoms with Crippen molar-refractivity contribution in [3.63, 3.8) is 0 Å². The van der Waals surface area contributed by atoms with Crippen LogP contribution in [-0.2, 0) is 15.6 Å². The molecule has 0 N–H and O–H groups in total. The van der Waals surface area contributed by atoms with Crippen LogP contribution < -0.4 is 0 Å². The van der Waals surface area contributed by atoms with Gasteiger partial charge in [0.2, 0.25) is 9.84 Å². The summed E-state index contributed by atoms with van der Waals surface area (Å²) in [6.07, 6.45) is 2.56. The van der Waals surface area contributed by atoms with E-state index in [1.165, 1.54) is 15.6 Å². The van der Waals surface area contributed by atoms with Gasteiger partial charge in [-0.2, -0.15) is 9.78 Å². The lowest BCUT2D eigenvalue weighted by Gasteiger charge is -2.17. The quantitative estimate of drug-likeness (QED) is 0.636. The van der Waals surface area contributed by atoms with E-state index in [4.69, 9.17) is 11.6 Å². The van der Waals surface area contributed by atoms with Crippen molar-refractivity contribution in [1.29, 1.82) is 0 Å². The largest absolute Gasteiger partial charge is 0.346 e. The molecule has 3 rings (SSSR count). The SMILES string of the molecule is CCN(CC)C(=O)n1cnc(S(=O)(=O)Cc2cn3nc(Cl)ccc3n2)n1. The van der Waals surface area contributed by atoms with Crippen molar-refractivity contribution in [2.45, 2.75) is 24.8 Å². The topological polar surface area (TPSA) is 115 Å². The van der Waals surface area contributed by atoms with Crippen LogP contribution in [0.3, 0.4) is 0 Å². The fourth-order valence-corrected chi connectivity index (χ4v) is 3.58. The molecule has 0 radical (unpaired) electrons. The molecule has 3 heterocycles. The molecule has 0 atom stereocenters. The Hall–Kier alpha value is -2.53. The second kappa shape index (κ2) is 7.00. The average Bonchev–Trinajstić information content (AvgIpc) is 3.22. The number of fused-ring (bicyclic) bond motifs is 1. The molecule has 0 fully saturated rings. The number of amides is 1. The third kappa shape index (κ3) is 3.53. The lowest BCUT2D eigenvalue weighted by Crippen LogP contribution is -2.34. The number of nitrogens with zero attached hydrogens (tertiary/aromatic N) is 7. The molecular formula is C14H16ClN7O3S. The molecular weight excluding hydrogens is 382 g/mol. The summed E-state index contributed by atoms with van der Waals surface area (Å²) < 4.78 is 27.4. The minimum absolute atomic E-state index is 0.264. The summed E-state index contributed by atoms with van der Waals surface area (Å²) in [4.78, 5) is 21.7. The van der Waals surface area contributed by atoms with E-state index in [-0.39, 0.29) is 10.8 Å². The van der Waals surface area contributed by atoms with E-state index < -0.39 is 26.8 Å². The smallest absolute Gasteiger partial charge is 0.323 e. The minimum Gasteiger partial charge on any atom is -0.323 e. The molecule has 10 nitrogen and oxygen atoms in total. The van der Waals surface area contributed by atoms with Crippen molar-refractivity contribution in [3.8, 4) is 0 Å². The molecule has 0 aromatic carbocycles. The van der Waals surface area contributed by atoms with Gasteiger partial charge in [-0.05, 0) is 26.0 Å². The zero-order valence-electron chi connectivity index (χ0n) is 14.1. The summed E-state index contributed by atoms with van der Waals surface area (Å²) in [6.45, 7) is 4.60. The maximum atomic E-state index is 12.5. The van der Waals surface area contributed by atoms with Crippen molar-refractivity contribution in [2.24, 2.45) is 0 Å². The third-order valence-corrected chi connectivity index (χ3v) is 5.28. The van der Waals surface area contributed by atoms with Crippen LogP contribution >= 0.6 is 11.6 Å². The van der Waals surface area contributed by atoms with Crippen molar-refractivity contribution < 1.29 is 13.2 Å². The maximum Gasteiger partial charge on any atom is 0.346 e. The van der Waals surface area contributed by atoms with E-state index in [9.17, 15) is 13.2 Å². The summed E-state index contributed by atoms with van der Waals surface area (Å²) in [7, 11) is -3.87. The van der Waals surface area contributed by atoms with E-state index in [1.807, 2.05) is 13.8 Å². The van der Waals surface area contributed by atoms with Gasteiger partial charge in [-0.15, -0.1) is 5.10 Å². The Balaban J connectivity index is 1.85. The summed E-state index contributed by atoms with van der Waals surface area (Å²) in [5.74, 6) is -0.419. The van der Waals surface area contributed by atoms with E-state index in [1.54, 1.807) is 12.1 Å². The Morgan fingerprint density at radius 3 is 2.65 bits per heavy atom. The van der Waals surface area contributed by atoms with Crippen LogP contribution in [-0.4, -0.2) is 61.8 Å². The molecule has 0 aliphatic heterocycles. The number of hydrogen-bond acceptors (Lipinski definition) is 7. The maximum absolute atomic E-state index is 12.5. The van der Waals surface area contributed by atoms with Crippen molar-refractivity contribution in [2.75, 3.05) is 13.1 Å². The normalized spacial score (nSPS) is 11.8. The number of carbonyl (C=O) groups is 1. The summed E-state index contributed by atoms with van der Waals surface area (Å²) in [6, 6.07) is 2.75. The Kier molecular flexibility index (Phi) is 4.92. The molecule has 0 bridgehead atoms. The lowest BCUT2D eigenvalue weighted by molar-refractivity contribution is 0.201. The van der Waals surface area contributed by atoms with Crippen molar-refractivity contribution in [3.05, 3.63) is 35.5 Å². The van der Waals surface area contributed by atoms with Crippen LogP contribution in [0.1, 0.15) is 19.5 Å². The Bertz CT molecular complexity index is 1060. The van der Waals surface area contributed by atoms with Crippen LogP contribution in [0.2, 0.25) is 5.15 Å². The van der Waals surface area contributed by atoms with Gasteiger partial charge in [0.1, 0.15) is 17.2 Å². The number of rotatable bonds is 5. The van der Waals surface area contributed by atoms with Gasteiger partial charge >= 0.3 is 6.03 Å². The molecule has 0 aliphatic carbocycles. The van der Waals surface area contributed by atoms with E-state index in [2.05, 4.69) is 20.2 Å². The molecule has 12 heteroatoms. The second-order valence-electron chi connectivity index (χ2n) is 5.38. The molecule has 138 valence electrons. The monoisotopic (exact) mass is 397 g/mol. The van der Waals surface area contributed by atoms with Gasteiger partial charge in [-0.1, -0.05) is 11.6 Å². The molecule has 26 heavy (non-hydrogen) atoms. The van der Waals surface area contributed by atoms with E-state index in [0.717, 1.165) is 11.0 Å². The van der Waals surface area contributed by atoms with Crippen LogP contribution in [0.5, 0.6) is 0 Å². The van der Waals surface area contributed by atoms with Crippen LogP contribution in [0.25, 0.3) is 5.65 Å². The predicted molar refractivity (Wildman–Crippen MR) is 92.6 cm³/mol. The molecule has 0 aliphatic rings. The highest BCUT2D eigenvalue weighted by Crippen LogP contribution is 2.14. The van der Waals surface area contributed by atoms with E-state index in [0.29, 0.717) is 18.7 Å². The zero-order valence-corrected chi connectivity index (χ0v) is 15.6. The highest BCUT2D eigenvalue weighted by Gasteiger charge is 2.24. The Labute approximate surface area is 154 Å². The Morgan fingerprint density at radius 1 is 1.23 bits per heavy atom. The number of aromatic nitrogens is 6. The number of halogens is 1. The average molecular weight is 398 g/mol. The Morgan fingerprint density at radius 2 is 1.96 bits per heavy atom. The molecule has 3 aromatic heterocycles. The van der Waals surface area contributed by atoms with Gasteiger partial charge in [0, 0.05) is 13.1 Å². The first-order valence-corrected chi connectivity index (χ1v) is 9.81. The third-order valence-electron chi connectivity index (χ3n) is 3.65. The van der Waals surface area contributed by atoms with Gasteiger partial charge in [0.15, 0.2) is 5.65 Å². The molecule has 0 saturated heterocycles. The molecule has 0 unspecified atom stereocenters. The molecule has 3 aromatic rings. The highest BCUT2D eigenvalue weighted by atomic mass is 35.5. The standard InChI is InChI=1S/C14H16ClN7O3S/c1-3-20(4-2)14(23)22-9-16-13(19-22)26(24,25)8-10-7-21-12(17-10)6-5-11(15)18-21/h5-7,9H,3-4,8H2,1-2H3. The van der Waals surface area contributed by atoms with Gasteiger partial charge in [-0.25, -0.2) is 27.7 Å². The lowest BCUT2D eigenvalue weighted by atomic mass is 10.5. The summed E-state index contributed by atoms with van der Waals surface area (Å²) in [5, 5.41) is 7.66. The first-order valence-electron chi connectivity index (χ1n) is 7.78. The number of hydrogen-bond donors (Lipinski definition) is 0. The molecule has 0 spiro atoms. The van der Waals surface area contributed by atoms with E-state index >= 15 is 0 Å².